The van der Waals surface area contributed by atoms with Gasteiger partial charge in [-0.25, -0.2) is 0 Å². The smallest absolute Gasteiger partial charge is 0.212 e. The van der Waals surface area contributed by atoms with Crippen molar-refractivity contribution in [2.45, 2.75) is 27.7 Å². The molecule has 1 aliphatic carbocycles. The standard InChI is InChI=1S/C21H20O5/c1-11-5-15(6-12(2)25-11)9-17-19(22)18(21(24)20(17)23)10-16-7-13(3)26-14(4)8-16/h5-10,17,24H,1-4H3. The highest BCUT2D eigenvalue weighted by Crippen LogP contribution is 2.30. The van der Waals surface area contributed by atoms with Crippen LogP contribution in [-0.4, -0.2) is 16.7 Å². The fraction of sp³-hybridized carbons (Fsp3) is 0.238. The second-order valence-electron chi connectivity index (χ2n) is 6.50. The molecule has 0 aromatic heterocycles. The molecule has 5 heteroatoms. The average Bonchev–Trinajstić information content (AvgIpc) is 2.71. The third-order valence-corrected chi connectivity index (χ3v) is 4.11. The molecule has 0 aromatic carbocycles. The SMILES string of the molecule is CC1=CC(=CC2=C(O)C(=O)C(C=C3C=C(C)OC(C)=C3)C2=O)C=C(C)O1. The lowest BCUT2D eigenvalue weighted by atomic mass is 9.97. The Balaban J connectivity index is 1.94. The summed E-state index contributed by atoms with van der Waals surface area (Å²) in [6.45, 7) is 7.18. The van der Waals surface area contributed by atoms with Crippen molar-refractivity contribution in [2.24, 2.45) is 5.92 Å². The van der Waals surface area contributed by atoms with Gasteiger partial charge in [0.05, 0.1) is 5.57 Å². The van der Waals surface area contributed by atoms with Crippen molar-refractivity contribution >= 4 is 11.6 Å². The molecule has 5 nitrogen and oxygen atoms in total. The Hall–Kier alpha value is -3.08. The summed E-state index contributed by atoms with van der Waals surface area (Å²) in [5.74, 6) is 0.171. The minimum absolute atomic E-state index is 0.0234. The van der Waals surface area contributed by atoms with E-state index in [4.69, 9.17) is 9.47 Å². The Morgan fingerprint density at radius 3 is 1.77 bits per heavy atom. The van der Waals surface area contributed by atoms with Crippen LogP contribution in [0.25, 0.3) is 0 Å². The van der Waals surface area contributed by atoms with Gasteiger partial charge in [-0.15, -0.1) is 0 Å². The van der Waals surface area contributed by atoms with Crippen LogP contribution in [0, 0.1) is 5.92 Å². The molecule has 0 aromatic rings. The third-order valence-electron chi connectivity index (χ3n) is 4.11. The van der Waals surface area contributed by atoms with Crippen LogP contribution in [0.2, 0.25) is 0 Å². The van der Waals surface area contributed by atoms with Gasteiger partial charge in [-0.2, -0.15) is 0 Å². The number of hydrogen-bond donors (Lipinski definition) is 1. The van der Waals surface area contributed by atoms with Crippen LogP contribution in [0.5, 0.6) is 0 Å². The first-order valence-corrected chi connectivity index (χ1v) is 8.28. The second-order valence-corrected chi connectivity index (χ2v) is 6.50. The van der Waals surface area contributed by atoms with E-state index in [0.717, 1.165) is 0 Å². The number of ketones is 2. The van der Waals surface area contributed by atoms with Gasteiger partial charge in [-0.1, -0.05) is 6.08 Å². The zero-order valence-electron chi connectivity index (χ0n) is 15.1. The number of aliphatic hydroxyl groups is 1. The molecule has 0 saturated heterocycles. The lowest BCUT2D eigenvalue weighted by Gasteiger charge is -2.13. The molecule has 2 heterocycles. The normalized spacial score (nSPS) is 23.0. The predicted octanol–water partition coefficient (Wildman–Crippen LogP) is 4.09. The molecule has 0 spiro atoms. The largest absolute Gasteiger partial charge is 0.504 e. The molecular formula is C21H20O5. The number of hydrogen-bond acceptors (Lipinski definition) is 5. The molecule has 3 rings (SSSR count). The number of rotatable bonds is 2. The van der Waals surface area contributed by atoms with E-state index in [1.807, 2.05) is 0 Å². The van der Waals surface area contributed by atoms with E-state index < -0.39 is 23.2 Å². The molecule has 0 saturated carbocycles. The molecule has 134 valence electrons. The van der Waals surface area contributed by atoms with Crippen molar-refractivity contribution in [3.8, 4) is 0 Å². The first-order valence-electron chi connectivity index (χ1n) is 8.28. The Bertz CT molecular complexity index is 876. The van der Waals surface area contributed by atoms with Gasteiger partial charge in [0.1, 0.15) is 29.0 Å². The Labute approximate surface area is 152 Å². The van der Waals surface area contributed by atoms with E-state index in [1.54, 1.807) is 58.1 Å². The zero-order chi connectivity index (χ0) is 19.0. The molecule has 1 unspecified atom stereocenters. The number of aliphatic hydroxyl groups excluding tert-OH is 1. The van der Waals surface area contributed by atoms with Gasteiger partial charge in [0.15, 0.2) is 11.5 Å². The average molecular weight is 352 g/mol. The number of ether oxygens (including phenoxy) is 2. The minimum Gasteiger partial charge on any atom is -0.504 e. The van der Waals surface area contributed by atoms with E-state index in [1.165, 1.54) is 6.08 Å². The lowest BCUT2D eigenvalue weighted by molar-refractivity contribution is -0.125. The molecule has 1 N–H and O–H groups in total. The van der Waals surface area contributed by atoms with E-state index in [-0.39, 0.29) is 5.57 Å². The van der Waals surface area contributed by atoms with Crippen LogP contribution in [0.4, 0.5) is 0 Å². The number of carbonyl (C=O) groups excluding carboxylic acids is 2. The van der Waals surface area contributed by atoms with Crippen LogP contribution in [0.15, 0.2) is 82.0 Å². The van der Waals surface area contributed by atoms with E-state index in [0.29, 0.717) is 34.2 Å². The summed E-state index contributed by atoms with van der Waals surface area (Å²) in [6, 6.07) is 0. The molecule has 0 bridgehead atoms. The summed E-state index contributed by atoms with van der Waals surface area (Å²) >= 11 is 0. The summed E-state index contributed by atoms with van der Waals surface area (Å²) in [6.07, 6.45) is 10.1. The van der Waals surface area contributed by atoms with Crippen molar-refractivity contribution in [3.05, 3.63) is 82.0 Å². The third kappa shape index (κ3) is 3.47. The van der Waals surface area contributed by atoms with Gasteiger partial charge in [-0.05, 0) is 69.2 Å². The van der Waals surface area contributed by atoms with Gasteiger partial charge in [0.2, 0.25) is 5.78 Å². The van der Waals surface area contributed by atoms with Crippen LogP contribution >= 0.6 is 0 Å². The van der Waals surface area contributed by atoms with E-state index in [2.05, 4.69) is 0 Å². The molecule has 0 amide bonds. The molecule has 0 radical (unpaired) electrons. The van der Waals surface area contributed by atoms with Gasteiger partial charge in [-0.3, -0.25) is 9.59 Å². The van der Waals surface area contributed by atoms with Crippen LogP contribution in [-0.2, 0) is 19.1 Å². The van der Waals surface area contributed by atoms with Gasteiger partial charge >= 0.3 is 0 Å². The molecule has 2 aliphatic heterocycles. The highest BCUT2D eigenvalue weighted by molar-refractivity contribution is 6.26. The summed E-state index contributed by atoms with van der Waals surface area (Å²) in [5, 5.41) is 10.2. The monoisotopic (exact) mass is 352 g/mol. The quantitative estimate of drug-likeness (QED) is 0.758. The maximum Gasteiger partial charge on any atom is 0.212 e. The summed E-state index contributed by atoms with van der Waals surface area (Å²) in [7, 11) is 0. The van der Waals surface area contributed by atoms with Crippen molar-refractivity contribution in [3.63, 3.8) is 0 Å². The topological polar surface area (TPSA) is 72.8 Å². The fourth-order valence-corrected chi connectivity index (χ4v) is 3.16. The van der Waals surface area contributed by atoms with Crippen molar-refractivity contribution in [2.75, 3.05) is 0 Å². The maximum absolute atomic E-state index is 12.7. The minimum atomic E-state index is -1.03. The van der Waals surface area contributed by atoms with Crippen LogP contribution < -0.4 is 0 Å². The van der Waals surface area contributed by atoms with Crippen molar-refractivity contribution in [1.29, 1.82) is 0 Å². The number of allylic oxidation sites excluding steroid dienone is 14. The first kappa shape index (κ1) is 17.7. The van der Waals surface area contributed by atoms with Crippen molar-refractivity contribution in [1.82, 2.24) is 0 Å². The second kappa shape index (κ2) is 6.67. The van der Waals surface area contributed by atoms with Gasteiger partial charge < -0.3 is 14.6 Å². The molecule has 26 heavy (non-hydrogen) atoms. The Morgan fingerprint density at radius 2 is 1.27 bits per heavy atom. The molecule has 0 fully saturated rings. The molecule has 1 atom stereocenters. The summed E-state index contributed by atoms with van der Waals surface area (Å²) < 4.78 is 10.8. The first-order chi connectivity index (χ1) is 12.2. The highest BCUT2D eigenvalue weighted by atomic mass is 16.5. The summed E-state index contributed by atoms with van der Waals surface area (Å²) in [5.41, 5.74) is 1.42. The summed E-state index contributed by atoms with van der Waals surface area (Å²) in [4.78, 5) is 25.1. The maximum atomic E-state index is 12.7. The lowest BCUT2D eigenvalue weighted by Crippen LogP contribution is -2.16. The Morgan fingerprint density at radius 1 is 0.808 bits per heavy atom. The van der Waals surface area contributed by atoms with Crippen molar-refractivity contribution < 1.29 is 24.2 Å². The molecule has 3 aliphatic rings. The Kier molecular flexibility index (Phi) is 4.55. The fourth-order valence-electron chi connectivity index (χ4n) is 3.16. The van der Waals surface area contributed by atoms with Gasteiger partial charge in [0, 0.05) is 0 Å². The zero-order valence-corrected chi connectivity index (χ0v) is 15.1. The van der Waals surface area contributed by atoms with Gasteiger partial charge in [0.25, 0.3) is 0 Å². The van der Waals surface area contributed by atoms with Crippen LogP contribution in [0.1, 0.15) is 27.7 Å². The van der Waals surface area contributed by atoms with E-state index >= 15 is 0 Å². The highest BCUT2D eigenvalue weighted by Gasteiger charge is 2.39. The predicted molar refractivity (Wildman–Crippen MR) is 96.5 cm³/mol. The number of carbonyl (C=O) groups is 2. The van der Waals surface area contributed by atoms with E-state index in [9.17, 15) is 14.7 Å². The number of Topliss-reactive ketones (excluding diaryl/α,β-unsaturated/α-hetero) is 2. The molecular weight excluding hydrogens is 332 g/mol. The van der Waals surface area contributed by atoms with Crippen LogP contribution in [0.3, 0.4) is 0 Å².